The molecular formula is C20H23NO5. The summed E-state index contributed by atoms with van der Waals surface area (Å²) in [5, 5.41) is 2.62. The highest BCUT2D eigenvalue weighted by Gasteiger charge is 2.18. The van der Waals surface area contributed by atoms with Gasteiger partial charge in [-0.25, -0.2) is 4.79 Å². The molecule has 0 aliphatic heterocycles. The number of methoxy groups -OCH3 is 1. The molecule has 0 spiro atoms. The van der Waals surface area contributed by atoms with Crippen molar-refractivity contribution in [2.24, 2.45) is 0 Å². The van der Waals surface area contributed by atoms with Crippen LogP contribution in [0.1, 0.15) is 22.8 Å². The van der Waals surface area contributed by atoms with Crippen LogP contribution in [-0.2, 0) is 20.9 Å². The second kappa shape index (κ2) is 10.2. The fourth-order valence-corrected chi connectivity index (χ4v) is 2.12. The highest BCUT2D eigenvalue weighted by Crippen LogP contribution is 2.13. The lowest BCUT2D eigenvalue weighted by Gasteiger charge is -2.13. The van der Waals surface area contributed by atoms with Crippen LogP contribution in [0, 0.1) is 0 Å². The number of rotatable bonds is 9. The molecule has 1 N–H and O–H groups in total. The molecule has 0 saturated heterocycles. The zero-order chi connectivity index (χ0) is 18.8. The van der Waals surface area contributed by atoms with E-state index in [4.69, 9.17) is 14.2 Å². The maximum atomic E-state index is 12.1. The monoisotopic (exact) mass is 357 g/mol. The van der Waals surface area contributed by atoms with Crippen LogP contribution < -0.4 is 10.1 Å². The Morgan fingerprint density at radius 2 is 1.73 bits per heavy atom. The number of nitrogens with one attached hydrogen (secondary N) is 1. The smallest absolute Gasteiger partial charge is 0.338 e. The zero-order valence-electron chi connectivity index (χ0n) is 14.9. The molecule has 138 valence electrons. The molecule has 0 bridgehead atoms. The van der Waals surface area contributed by atoms with Crippen LogP contribution >= 0.6 is 0 Å². The molecule has 0 saturated carbocycles. The predicted octanol–water partition coefficient (Wildman–Crippen LogP) is 2.57. The molecule has 2 aromatic carbocycles. The summed E-state index contributed by atoms with van der Waals surface area (Å²) in [5.74, 6) is -0.123. The quantitative estimate of drug-likeness (QED) is 0.551. The number of carbonyl (C=O) groups is 2. The molecule has 2 aromatic rings. The first-order valence-corrected chi connectivity index (χ1v) is 8.34. The Morgan fingerprint density at radius 1 is 1.04 bits per heavy atom. The van der Waals surface area contributed by atoms with E-state index < -0.39 is 12.1 Å². The normalized spacial score (nSPS) is 11.5. The van der Waals surface area contributed by atoms with Crippen molar-refractivity contribution in [3.05, 3.63) is 65.7 Å². The molecule has 1 atom stereocenters. The van der Waals surface area contributed by atoms with Crippen molar-refractivity contribution in [1.82, 2.24) is 5.32 Å². The number of hydrogen-bond donors (Lipinski definition) is 1. The lowest BCUT2D eigenvalue weighted by molar-refractivity contribution is -0.129. The van der Waals surface area contributed by atoms with Gasteiger partial charge in [-0.15, -0.1) is 0 Å². The van der Waals surface area contributed by atoms with Gasteiger partial charge in [0.15, 0.2) is 6.10 Å². The second-order valence-electron chi connectivity index (χ2n) is 5.63. The van der Waals surface area contributed by atoms with E-state index in [0.717, 1.165) is 11.3 Å². The van der Waals surface area contributed by atoms with Crippen molar-refractivity contribution in [3.63, 3.8) is 0 Å². The highest BCUT2D eigenvalue weighted by atomic mass is 16.5. The van der Waals surface area contributed by atoms with Gasteiger partial charge in [0.05, 0.1) is 12.2 Å². The molecular weight excluding hydrogens is 334 g/mol. The summed E-state index contributed by atoms with van der Waals surface area (Å²) in [7, 11) is 1.55. The van der Waals surface area contributed by atoms with Gasteiger partial charge in [0.1, 0.15) is 12.4 Å². The first-order valence-electron chi connectivity index (χ1n) is 8.34. The van der Waals surface area contributed by atoms with E-state index in [0.29, 0.717) is 25.3 Å². The maximum Gasteiger partial charge on any atom is 0.338 e. The molecule has 0 fully saturated rings. The van der Waals surface area contributed by atoms with Crippen LogP contribution in [0.4, 0.5) is 0 Å². The summed E-state index contributed by atoms with van der Waals surface area (Å²) < 4.78 is 15.7. The van der Waals surface area contributed by atoms with Gasteiger partial charge in [-0.05, 0) is 36.8 Å². The van der Waals surface area contributed by atoms with E-state index in [1.54, 1.807) is 31.4 Å². The Hall–Kier alpha value is -2.86. The lowest BCUT2D eigenvalue weighted by atomic mass is 10.1. The van der Waals surface area contributed by atoms with E-state index >= 15 is 0 Å². The Labute approximate surface area is 153 Å². The minimum Gasteiger partial charge on any atom is -0.489 e. The number of amides is 1. The summed E-state index contributed by atoms with van der Waals surface area (Å²) in [5.41, 5.74) is 1.31. The lowest BCUT2D eigenvalue weighted by Crippen LogP contribution is -2.37. The van der Waals surface area contributed by atoms with Gasteiger partial charge in [-0.2, -0.15) is 0 Å². The largest absolute Gasteiger partial charge is 0.489 e. The van der Waals surface area contributed by atoms with E-state index in [1.165, 1.54) is 6.92 Å². The molecule has 0 aliphatic carbocycles. The average molecular weight is 357 g/mol. The fraction of sp³-hybridized carbons (Fsp3) is 0.300. The van der Waals surface area contributed by atoms with Gasteiger partial charge >= 0.3 is 5.97 Å². The van der Waals surface area contributed by atoms with Crippen LogP contribution in [0.2, 0.25) is 0 Å². The molecule has 0 radical (unpaired) electrons. The molecule has 0 unspecified atom stereocenters. The molecule has 2 rings (SSSR count). The van der Waals surface area contributed by atoms with Crippen LogP contribution in [0.15, 0.2) is 54.6 Å². The second-order valence-corrected chi connectivity index (χ2v) is 5.63. The van der Waals surface area contributed by atoms with Crippen LogP contribution in [0.3, 0.4) is 0 Å². The summed E-state index contributed by atoms with van der Waals surface area (Å²) in [4.78, 5) is 23.9. The number of para-hydroxylation sites is 1. The van der Waals surface area contributed by atoms with E-state index in [1.807, 2.05) is 30.3 Å². The van der Waals surface area contributed by atoms with E-state index in [2.05, 4.69) is 5.32 Å². The van der Waals surface area contributed by atoms with Gasteiger partial charge in [0, 0.05) is 13.7 Å². The van der Waals surface area contributed by atoms with Crippen LogP contribution in [0.25, 0.3) is 0 Å². The Kier molecular flexibility index (Phi) is 7.64. The number of carbonyl (C=O) groups excluding carboxylic acids is 2. The molecule has 6 nitrogen and oxygen atoms in total. The first-order chi connectivity index (χ1) is 12.6. The van der Waals surface area contributed by atoms with Crippen molar-refractivity contribution in [3.8, 4) is 5.75 Å². The third-order valence-corrected chi connectivity index (χ3v) is 3.60. The summed E-state index contributed by atoms with van der Waals surface area (Å²) >= 11 is 0. The minimum absolute atomic E-state index is 0.358. The van der Waals surface area contributed by atoms with Gasteiger partial charge in [-0.1, -0.05) is 30.3 Å². The number of benzene rings is 2. The fourth-order valence-electron chi connectivity index (χ4n) is 2.12. The third-order valence-electron chi connectivity index (χ3n) is 3.60. The van der Waals surface area contributed by atoms with Crippen molar-refractivity contribution in [1.29, 1.82) is 0 Å². The molecule has 0 aromatic heterocycles. The molecule has 0 aliphatic rings. The predicted molar refractivity (Wildman–Crippen MR) is 97.0 cm³/mol. The number of esters is 1. The van der Waals surface area contributed by atoms with Crippen LogP contribution in [-0.4, -0.2) is 38.2 Å². The van der Waals surface area contributed by atoms with Crippen molar-refractivity contribution in [2.75, 3.05) is 20.3 Å². The molecule has 6 heteroatoms. The molecule has 0 heterocycles. The van der Waals surface area contributed by atoms with E-state index in [-0.39, 0.29) is 5.91 Å². The Bertz CT molecular complexity index is 700. The van der Waals surface area contributed by atoms with Crippen molar-refractivity contribution < 1.29 is 23.8 Å². The van der Waals surface area contributed by atoms with Crippen molar-refractivity contribution >= 4 is 11.9 Å². The first kappa shape index (κ1) is 19.5. The van der Waals surface area contributed by atoms with Gasteiger partial charge < -0.3 is 19.5 Å². The average Bonchev–Trinajstić information content (AvgIpc) is 2.67. The van der Waals surface area contributed by atoms with Gasteiger partial charge in [-0.3, -0.25) is 4.79 Å². The molecule has 26 heavy (non-hydrogen) atoms. The number of hydrogen-bond acceptors (Lipinski definition) is 5. The summed E-state index contributed by atoms with van der Waals surface area (Å²) in [6.07, 6.45) is -0.875. The SMILES string of the molecule is COCCNC(=O)[C@H](C)OC(=O)c1ccc(COc2ccccc2)cc1. The van der Waals surface area contributed by atoms with E-state index in [9.17, 15) is 9.59 Å². The zero-order valence-corrected chi connectivity index (χ0v) is 14.9. The maximum absolute atomic E-state index is 12.1. The summed E-state index contributed by atoms with van der Waals surface area (Å²) in [6, 6.07) is 16.4. The van der Waals surface area contributed by atoms with Gasteiger partial charge in [0.2, 0.25) is 0 Å². The van der Waals surface area contributed by atoms with Gasteiger partial charge in [0.25, 0.3) is 5.91 Å². The van der Waals surface area contributed by atoms with Crippen molar-refractivity contribution in [2.45, 2.75) is 19.6 Å². The Morgan fingerprint density at radius 3 is 2.38 bits per heavy atom. The highest BCUT2D eigenvalue weighted by molar-refractivity contribution is 5.92. The standard InChI is InChI=1S/C20H23NO5/c1-15(19(22)21-12-13-24-2)26-20(23)17-10-8-16(9-11-17)14-25-18-6-4-3-5-7-18/h3-11,15H,12-14H2,1-2H3,(H,21,22)/t15-/m0/s1. The summed E-state index contributed by atoms with van der Waals surface area (Å²) in [6.45, 7) is 2.70. The topological polar surface area (TPSA) is 73.9 Å². The van der Waals surface area contributed by atoms with Crippen LogP contribution in [0.5, 0.6) is 5.75 Å². The minimum atomic E-state index is -0.875. The number of ether oxygens (including phenoxy) is 3. The Balaban J connectivity index is 1.83. The molecule has 1 amide bonds. The third kappa shape index (κ3) is 6.22.